The predicted molar refractivity (Wildman–Crippen MR) is 45.6 cm³/mol. The Hall–Kier alpha value is -0.340. The number of nitrogens with one attached hydrogen (secondary N) is 1. The molecule has 0 bridgehead atoms. The van der Waals surface area contributed by atoms with Crippen LogP contribution >= 0.6 is 11.6 Å². The van der Waals surface area contributed by atoms with E-state index in [4.69, 9.17) is 11.6 Å². The van der Waals surface area contributed by atoms with E-state index in [0.29, 0.717) is 12.2 Å². The molecule has 0 aromatic carbocycles. The normalized spacial score (nSPS) is 26.3. The van der Waals surface area contributed by atoms with Gasteiger partial charge in [-0.3, -0.25) is 4.79 Å². The van der Waals surface area contributed by atoms with Gasteiger partial charge in [-0.05, 0) is 6.42 Å². The number of carbonyl (C=O) groups is 1. The van der Waals surface area contributed by atoms with Crippen LogP contribution in [0.15, 0.2) is 11.6 Å². The molecule has 0 radical (unpaired) electrons. The number of Topliss-reactive ketones (excluding diaryl/α,β-unsaturated/α-hetero) is 1. The van der Waals surface area contributed by atoms with Crippen molar-refractivity contribution in [3.63, 3.8) is 0 Å². The predicted octanol–water partition coefficient (Wildman–Crippen LogP) is 1.31. The zero-order valence-electron chi connectivity index (χ0n) is 6.35. The molecule has 11 heavy (non-hydrogen) atoms. The van der Waals surface area contributed by atoms with Gasteiger partial charge in [-0.1, -0.05) is 17.7 Å². The van der Waals surface area contributed by atoms with E-state index < -0.39 is 0 Å². The van der Waals surface area contributed by atoms with Crippen molar-refractivity contribution >= 4 is 17.4 Å². The first-order valence-corrected chi connectivity index (χ1v) is 4.27. The Balaban J connectivity index is 2.35. The van der Waals surface area contributed by atoms with Gasteiger partial charge in [-0.2, -0.15) is 0 Å². The molecule has 1 atom stereocenters. The third-order valence-corrected chi connectivity index (χ3v) is 2.08. The maximum atomic E-state index is 11.2. The smallest absolute Gasteiger partial charge is 0.138 e. The molecule has 1 fully saturated rings. The summed E-state index contributed by atoms with van der Waals surface area (Å²) in [6.07, 6.45) is 3.27. The van der Waals surface area contributed by atoms with Crippen molar-refractivity contribution in [1.29, 1.82) is 0 Å². The van der Waals surface area contributed by atoms with E-state index in [1.54, 1.807) is 0 Å². The SMILES string of the molecule is O=C1CCNCC1C/C=C/Cl. The molecule has 0 spiro atoms. The molecule has 1 unspecified atom stereocenters. The van der Waals surface area contributed by atoms with Gasteiger partial charge in [0, 0.05) is 31.0 Å². The van der Waals surface area contributed by atoms with Gasteiger partial charge in [-0.15, -0.1) is 0 Å². The number of hydrogen-bond donors (Lipinski definition) is 1. The fraction of sp³-hybridized carbons (Fsp3) is 0.625. The summed E-state index contributed by atoms with van der Waals surface area (Å²) in [7, 11) is 0. The van der Waals surface area contributed by atoms with E-state index in [-0.39, 0.29) is 5.92 Å². The molecule has 1 saturated heterocycles. The quantitative estimate of drug-likeness (QED) is 0.682. The van der Waals surface area contributed by atoms with E-state index >= 15 is 0 Å². The Bertz CT molecular complexity index is 167. The molecular weight excluding hydrogens is 162 g/mol. The molecule has 1 N–H and O–H groups in total. The van der Waals surface area contributed by atoms with Crippen LogP contribution in [0.2, 0.25) is 0 Å². The number of ketones is 1. The summed E-state index contributed by atoms with van der Waals surface area (Å²) in [6.45, 7) is 1.64. The summed E-state index contributed by atoms with van der Waals surface area (Å²) in [5, 5.41) is 3.18. The second-order valence-electron chi connectivity index (χ2n) is 2.71. The number of halogens is 1. The highest BCUT2D eigenvalue weighted by atomic mass is 35.5. The standard InChI is InChI=1S/C8H12ClNO/c9-4-1-2-7-6-10-5-3-8(7)11/h1,4,7,10H,2-3,5-6H2/b4-1+. The minimum atomic E-state index is 0.152. The van der Waals surface area contributed by atoms with Crippen LogP contribution in [-0.2, 0) is 4.79 Å². The molecule has 62 valence electrons. The lowest BCUT2D eigenvalue weighted by atomic mass is 9.95. The molecule has 1 heterocycles. The fourth-order valence-electron chi connectivity index (χ4n) is 1.24. The Labute approximate surface area is 71.6 Å². The summed E-state index contributed by atoms with van der Waals surface area (Å²) >= 11 is 5.36. The van der Waals surface area contributed by atoms with E-state index in [1.165, 1.54) is 5.54 Å². The van der Waals surface area contributed by atoms with Crippen LogP contribution in [0, 0.1) is 5.92 Å². The Morgan fingerprint density at radius 3 is 3.18 bits per heavy atom. The molecule has 3 heteroatoms. The topological polar surface area (TPSA) is 29.1 Å². The van der Waals surface area contributed by atoms with Crippen molar-refractivity contribution in [3.05, 3.63) is 11.6 Å². The van der Waals surface area contributed by atoms with E-state index in [1.807, 2.05) is 6.08 Å². The Kier molecular flexibility index (Phi) is 3.60. The third-order valence-electron chi connectivity index (χ3n) is 1.90. The van der Waals surface area contributed by atoms with Crippen LogP contribution in [0.3, 0.4) is 0 Å². The monoisotopic (exact) mass is 173 g/mol. The van der Waals surface area contributed by atoms with Gasteiger partial charge in [0.1, 0.15) is 5.78 Å². The molecule has 1 rings (SSSR count). The third kappa shape index (κ3) is 2.64. The van der Waals surface area contributed by atoms with Crippen molar-refractivity contribution in [2.45, 2.75) is 12.8 Å². The van der Waals surface area contributed by atoms with Crippen LogP contribution in [-0.4, -0.2) is 18.9 Å². The molecule has 0 aromatic heterocycles. The van der Waals surface area contributed by atoms with E-state index in [0.717, 1.165) is 19.5 Å². The summed E-state index contributed by atoms with van der Waals surface area (Å²) in [5.74, 6) is 0.511. The number of carbonyl (C=O) groups excluding carboxylic acids is 1. The van der Waals surface area contributed by atoms with Gasteiger partial charge in [0.15, 0.2) is 0 Å². The lowest BCUT2D eigenvalue weighted by Crippen LogP contribution is -2.36. The number of piperidine rings is 1. The maximum absolute atomic E-state index is 11.2. The van der Waals surface area contributed by atoms with Crippen LogP contribution in [0.4, 0.5) is 0 Å². The highest BCUT2D eigenvalue weighted by Crippen LogP contribution is 2.10. The van der Waals surface area contributed by atoms with Gasteiger partial charge in [0.2, 0.25) is 0 Å². The van der Waals surface area contributed by atoms with Gasteiger partial charge < -0.3 is 5.32 Å². The second kappa shape index (κ2) is 4.52. The molecule has 1 aliphatic rings. The fourth-order valence-corrected chi connectivity index (χ4v) is 1.34. The highest BCUT2D eigenvalue weighted by Gasteiger charge is 2.19. The number of allylic oxidation sites excluding steroid dienone is 1. The number of rotatable bonds is 2. The van der Waals surface area contributed by atoms with Crippen LogP contribution in [0.25, 0.3) is 0 Å². The van der Waals surface area contributed by atoms with Gasteiger partial charge in [0.05, 0.1) is 0 Å². The van der Waals surface area contributed by atoms with Crippen molar-refractivity contribution in [1.82, 2.24) is 5.32 Å². The molecule has 0 aromatic rings. The minimum absolute atomic E-state index is 0.152. The zero-order valence-corrected chi connectivity index (χ0v) is 7.10. The average molecular weight is 174 g/mol. The van der Waals surface area contributed by atoms with Crippen molar-refractivity contribution < 1.29 is 4.79 Å². The summed E-state index contributed by atoms with van der Waals surface area (Å²) < 4.78 is 0. The second-order valence-corrected chi connectivity index (χ2v) is 2.97. The summed E-state index contributed by atoms with van der Waals surface area (Å²) in [5.41, 5.74) is 1.47. The van der Waals surface area contributed by atoms with Crippen molar-refractivity contribution in [2.24, 2.45) is 5.92 Å². The highest BCUT2D eigenvalue weighted by molar-refractivity contribution is 6.25. The van der Waals surface area contributed by atoms with E-state index in [9.17, 15) is 4.79 Å². The van der Waals surface area contributed by atoms with Crippen molar-refractivity contribution in [3.8, 4) is 0 Å². The number of hydrogen-bond acceptors (Lipinski definition) is 2. The lowest BCUT2D eigenvalue weighted by Gasteiger charge is -2.19. The molecule has 1 aliphatic heterocycles. The van der Waals surface area contributed by atoms with Crippen LogP contribution in [0.5, 0.6) is 0 Å². The molecular formula is C8H12ClNO. The molecule has 2 nitrogen and oxygen atoms in total. The molecule has 0 aliphatic carbocycles. The van der Waals surface area contributed by atoms with Crippen LogP contribution < -0.4 is 5.32 Å². The minimum Gasteiger partial charge on any atom is -0.316 e. The first kappa shape index (κ1) is 8.75. The summed E-state index contributed by atoms with van der Waals surface area (Å²) in [4.78, 5) is 11.2. The van der Waals surface area contributed by atoms with Gasteiger partial charge in [-0.25, -0.2) is 0 Å². The van der Waals surface area contributed by atoms with Gasteiger partial charge >= 0.3 is 0 Å². The molecule has 0 saturated carbocycles. The van der Waals surface area contributed by atoms with Crippen molar-refractivity contribution in [2.75, 3.05) is 13.1 Å². The zero-order chi connectivity index (χ0) is 8.10. The van der Waals surface area contributed by atoms with E-state index in [2.05, 4.69) is 5.32 Å². The Morgan fingerprint density at radius 2 is 2.55 bits per heavy atom. The molecule has 0 amide bonds. The first-order valence-electron chi connectivity index (χ1n) is 3.83. The maximum Gasteiger partial charge on any atom is 0.138 e. The Morgan fingerprint density at radius 1 is 1.73 bits per heavy atom. The first-order chi connectivity index (χ1) is 5.34. The van der Waals surface area contributed by atoms with Gasteiger partial charge in [0.25, 0.3) is 0 Å². The van der Waals surface area contributed by atoms with Crippen LogP contribution in [0.1, 0.15) is 12.8 Å². The largest absolute Gasteiger partial charge is 0.316 e. The average Bonchev–Trinajstić information content (AvgIpc) is 2.03. The summed E-state index contributed by atoms with van der Waals surface area (Å²) in [6, 6.07) is 0. The lowest BCUT2D eigenvalue weighted by molar-refractivity contribution is -0.123.